The summed E-state index contributed by atoms with van der Waals surface area (Å²) in [5.41, 5.74) is 0.912. The number of amides is 1. The average Bonchev–Trinajstić information content (AvgIpc) is 3.19. The van der Waals surface area contributed by atoms with Crippen molar-refractivity contribution in [3.8, 4) is 0 Å². The van der Waals surface area contributed by atoms with Crippen LogP contribution in [0.2, 0.25) is 0 Å². The van der Waals surface area contributed by atoms with Crippen molar-refractivity contribution in [3.05, 3.63) is 59.4 Å². The van der Waals surface area contributed by atoms with Crippen molar-refractivity contribution >= 4 is 5.91 Å². The molecule has 0 saturated heterocycles. The van der Waals surface area contributed by atoms with Crippen LogP contribution in [-0.4, -0.2) is 21.4 Å². The Bertz CT molecular complexity index is 677. The number of rotatable bonds is 4. The second kappa shape index (κ2) is 5.31. The molecule has 1 aromatic heterocycles. The Labute approximate surface area is 121 Å². The van der Waals surface area contributed by atoms with Crippen LogP contribution in [0, 0.1) is 11.6 Å². The summed E-state index contributed by atoms with van der Waals surface area (Å²) in [4.78, 5) is 14.2. The molecule has 1 saturated carbocycles. The summed E-state index contributed by atoms with van der Waals surface area (Å²) in [6.45, 7) is 0.434. The van der Waals surface area contributed by atoms with Gasteiger partial charge in [-0.05, 0) is 37.1 Å². The maximum Gasteiger partial charge on any atom is 0.257 e. The maximum absolute atomic E-state index is 13.8. The zero-order chi connectivity index (χ0) is 15.0. The van der Waals surface area contributed by atoms with Gasteiger partial charge in [0.25, 0.3) is 5.91 Å². The molecule has 1 aliphatic rings. The van der Waals surface area contributed by atoms with Gasteiger partial charge >= 0.3 is 0 Å². The molecular formula is C16H16F2N2O. The van der Waals surface area contributed by atoms with Gasteiger partial charge in [-0.25, -0.2) is 8.78 Å². The van der Waals surface area contributed by atoms with E-state index in [-0.39, 0.29) is 17.5 Å². The van der Waals surface area contributed by atoms with Crippen molar-refractivity contribution in [2.45, 2.75) is 25.4 Å². The number of aromatic nitrogens is 1. The molecule has 0 atom stereocenters. The fourth-order valence-electron chi connectivity index (χ4n) is 2.41. The molecule has 110 valence electrons. The highest BCUT2D eigenvalue weighted by molar-refractivity contribution is 5.94. The van der Waals surface area contributed by atoms with Crippen molar-refractivity contribution in [1.82, 2.24) is 9.47 Å². The fraction of sp³-hybridized carbons (Fsp3) is 0.312. The maximum atomic E-state index is 13.8. The fourth-order valence-corrected chi connectivity index (χ4v) is 2.41. The molecular weight excluding hydrogens is 274 g/mol. The molecule has 0 bridgehead atoms. The van der Waals surface area contributed by atoms with E-state index in [9.17, 15) is 13.6 Å². The van der Waals surface area contributed by atoms with E-state index in [4.69, 9.17) is 0 Å². The minimum atomic E-state index is -0.808. The Morgan fingerprint density at radius 3 is 2.67 bits per heavy atom. The first kappa shape index (κ1) is 13.8. The topological polar surface area (TPSA) is 25.2 Å². The van der Waals surface area contributed by atoms with Crippen LogP contribution in [0.4, 0.5) is 8.78 Å². The first-order valence-corrected chi connectivity index (χ1v) is 6.92. The lowest BCUT2D eigenvalue weighted by Crippen LogP contribution is -2.33. The van der Waals surface area contributed by atoms with E-state index in [1.165, 1.54) is 6.07 Å². The van der Waals surface area contributed by atoms with Crippen LogP contribution in [-0.2, 0) is 13.6 Å². The zero-order valence-corrected chi connectivity index (χ0v) is 11.7. The molecule has 21 heavy (non-hydrogen) atoms. The third-order valence-electron chi connectivity index (χ3n) is 3.79. The molecule has 1 fully saturated rings. The molecule has 1 heterocycles. The first-order valence-electron chi connectivity index (χ1n) is 6.92. The molecule has 0 radical (unpaired) electrons. The molecule has 1 amide bonds. The van der Waals surface area contributed by atoms with Crippen molar-refractivity contribution in [2.75, 3.05) is 0 Å². The number of benzene rings is 1. The van der Waals surface area contributed by atoms with Crippen LogP contribution in [0.15, 0.2) is 36.5 Å². The number of carbonyl (C=O) groups is 1. The molecule has 0 spiro atoms. The number of hydrogen-bond acceptors (Lipinski definition) is 1. The number of aryl methyl sites for hydroxylation is 1. The zero-order valence-electron chi connectivity index (χ0n) is 11.7. The number of hydrogen-bond donors (Lipinski definition) is 0. The lowest BCUT2D eigenvalue weighted by molar-refractivity contribution is 0.0721. The molecule has 0 N–H and O–H groups in total. The summed E-state index contributed by atoms with van der Waals surface area (Å²) in [6.07, 6.45) is 3.77. The van der Waals surface area contributed by atoms with Gasteiger partial charge in [-0.1, -0.05) is 0 Å². The van der Waals surface area contributed by atoms with Crippen molar-refractivity contribution in [3.63, 3.8) is 0 Å². The molecule has 3 nitrogen and oxygen atoms in total. The molecule has 1 aromatic carbocycles. The highest BCUT2D eigenvalue weighted by atomic mass is 19.1. The molecule has 3 rings (SSSR count). The average molecular weight is 290 g/mol. The third kappa shape index (κ3) is 2.82. The van der Waals surface area contributed by atoms with Gasteiger partial charge < -0.3 is 9.47 Å². The predicted molar refractivity (Wildman–Crippen MR) is 74.7 cm³/mol. The summed E-state index contributed by atoms with van der Waals surface area (Å²) in [7, 11) is 1.91. The van der Waals surface area contributed by atoms with Gasteiger partial charge in [0.1, 0.15) is 11.6 Å². The molecule has 0 unspecified atom stereocenters. The second-order valence-corrected chi connectivity index (χ2v) is 5.40. The summed E-state index contributed by atoms with van der Waals surface area (Å²) >= 11 is 0. The van der Waals surface area contributed by atoms with E-state index in [1.54, 1.807) is 4.90 Å². The van der Waals surface area contributed by atoms with Gasteiger partial charge in [0.2, 0.25) is 0 Å². The van der Waals surface area contributed by atoms with Gasteiger partial charge in [0.05, 0.1) is 12.1 Å². The lowest BCUT2D eigenvalue weighted by atomic mass is 10.1. The van der Waals surface area contributed by atoms with Crippen LogP contribution in [0.25, 0.3) is 0 Å². The summed E-state index contributed by atoms with van der Waals surface area (Å²) in [5.74, 6) is -1.86. The third-order valence-corrected chi connectivity index (χ3v) is 3.79. The summed E-state index contributed by atoms with van der Waals surface area (Å²) in [5, 5.41) is 0. The van der Waals surface area contributed by atoms with Crippen LogP contribution in [0.1, 0.15) is 28.9 Å². The molecule has 2 aromatic rings. The molecule has 0 aliphatic heterocycles. The number of halogens is 2. The number of nitrogens with zero attached hydrogens (tertiary/aromatic N) is 2. The van der Waals surface area contributed by atoms with Gasteiger partial charge in [-0.15, -0.1) is 0 Å². The van der Waals surface area contributed by atoms with Crippen LogP contribution >= 0.6 is 0 Å². The minimum absolute atomic E-state index is 0.0718. The van der Waals surface area contributed by atoms with Crippen molar-refractivity contribution < 1.29 is 13.6 Å². The summed E-state index contributed by atoms with van der Waals surface area (Å²) in [6, 6.07) is 7.07. The normalized spacial score (nSPS) is 14.2. The van der Waals surface area contributed by atoms with Crippen molar-refractivity contribution in [2.24, 2.45) is 7.05 Å². The van der Waals surface area contributed by atoms with Crippen molar-refractivity contribution in [1.29, 1.82) is 0 Å². The van der Waals surface area contributed by atoms with E-state index in [0.717, 1.165) is 30.7 Å². The molecule has 5 heteroatoms. The van der Waals surface area contributed by atoms with Crippen LogP contribution < -0.4 is 0 Å². The van der Waals surface area contributed by atoms with E-state index < -0.39 is 11.6 Å². The van der Waals surface area contributed by atoms with E-state index in [2.05, 4.69) is 0 Å². The monoisotopic (exact) mass is 290 g/mol. The van der Waals surface area contributed by atoms with E-state index >= 15 is 0 Å². The van der Waals surface area contributed by atoms with Gasteiger partial charge in [-0.2, -0.15) is 0 Å². The van der Waals surface area contributed by atoms with Gasteiger partial charge in [0, 0.05) is 31.0 Å². The van der Waals surface area contributed by atoms with Crippen LogP contribution in [0.3, 0.4) is 0 Å². The largest absolute Gasteiger partial charge is 0.353 e. The SMILES string of the molecule is Cn1cccc1CN(C(=O)c1ccc(F)cc1F)C1CC1. The van der Waals surface area contributed by atoms with E-state index in [0.29, 0.717) is 6.54 Å². The predicted octanol–water partition coefficient (Wildman–Crippen LogP) is 3.11. The smallest absolute Gasteiger partial charge is 0.257 e. The standard InChI is InChI=1S/C16H16F2N2O/c1-19-8-2-3-13(19)10-20(12-5-6-12)16(21)14-7-4-11(17)9-15(14)18/h2-4,7-9,12H,5-6,10H2,1H3. The Kier molecular flexibility index (Phi) is 3.49. The van der Waals surface area contributed by atoms with Crippen LogP contribution in [0.5, 0.6) is 0 Å². The lowest BCUT2D eigenvalue weighted by Gasteiger charge is -2.23. The highest BCUT2D eigenvalue weighted by Crippen LogP contribution is 2.30. The Balaban J connectivity index is 1.87. The number of carbonyl (C=O) groups excluding carboxylic acids is 1. The first-order chi connectivity index (χ1) is 10.1. The Hall–Kier alpha value is -2.17. The summed E-state index contributed by atoms with van der Waals surface area (Å²) < 4.78 is 28.7. The quantitative estimate of drug-likeness (QED) is 0.849. The molecule has 1 aliphatic carbocycles. The Morgan fingerprint density at radius 2 is 2.10 bits per heavy atom. The Morgan fingerprint density at radius 1 is 1.33 bits per heavy atom. The minimum Gasteiger partial charge on any atom is -0.353 e. The van der Waals surface area contributed by atoms with Gasteiger partial charge in [-0.3, -0.25) is 4.79 Å². The van der Waals surface area contributed by atoms with Gasteiger partial charge in [0.15, 0.2) is 0 Å². The van der Waals surface area contributed by atoms with E-state index in [1.807, 2.05) is 29.9 Å². The highest BCUT2D eigenvalue weighted by Gasteiger charge is 2.34. The second-order valence-electron chi connectivity index (χ2n) is 5.40.